The standard InChI is InChI=1S/C14H20O.C6H8N2O/c1-3-9-14(10-4-2)11-12-7-5-6-8-13(12)15-14;1-4-3-7-5(2)6(9)8-4/h5-8H,3-4,9-11H2,1-2H3;3H,1-2H3,(H,8,9). The van der Waals surface area contributed by atoms with Crippen molar-refractivity contribution < 1.29 is 4.74 Å². The third kappa shape index (κ3) is 4.47. The molecule has 0 unspecified atom stereocenters. The Labute approximate surface area is 144 Å². The number of aromatic amines is 1. The molecule has 0 radical (unpaired) electrons. The lowest BCUT2D eigenvalue weighted by molar-refractivity contribution is 0.0730. The van der Waals surface area contributed by atoms with Gasteiger partial charge in [-0.3, -0.25) is 9.78 Å². The minimum Gasteiger partial charge on any atom is -0.487 e. The summed E-state index contributed by atoms with van der Waals surface area (Å²) < 4.78 is 6.18. The third-order valence-electron chi connectivity index (χ3n) is 4.31. The van der Waals surface area contributed by atoms with E-state index in [0.717, 1.165) is 17.9 Å². The number of nitrogens with one attached hydrogen (secondary N) is 1. The minimum absolute atomic E-state index is 0.102. The van der Waals surface area contributed by atoms with Crippen LogP contribution in [0.15, 0.2) is 35.3 Å². The number of benzene rings is 1. The van der Waals surface area contributed by atoms with E-state index in [9.17, 15) is 4.79 Å². The van der Waals surface area contributed by atoms with Gasteiger partial charge >= 0.3 is 0 Å². The molecule has 24 heavy (non-hydrogen) atoms. The summed E-state index contributed by atoms with van der Waals surface area (Å²) in [4.78, 5) is 17.2. The summed E-state index contributed by atoms with van der Waals surface area (Å²) in [7, 11) is 0. The Kier molecular flexibility index (Phi) is 6.18. The van der Waals surface area contributed by atoms with Crippen LogP contribution in [0.2, 0.25) is 0 Å². The van der Waals surface area contributed by atoms with E-state index < -0.39 is 0 Å². The van der Waals surface area contributed by atoms with E-state index in [1.165, 1.54) is 31.2 Å². The predicted molar refractivity (Wildman–Crippen MR) is 97.7 cm³/mol. The van der Waals surface area contributed by atoms with Gasteiger partial charge in [-0.25, -0.2) is 0 Å². The Bertz CT molecular complexity index is 689. The van der Waals surface area contributed by atoms with Gasteiger partial charge in [0, 0.05) is 18.3 Å². The number of para-hydroxylation sites is 1. The van der Waals surface area contributed by atoms with E-state index in [-0.39, 0.29) is 11.2 Å². The highest BCUT2D eigenvalue weighted by molar-refractivity contribution is 5.39. The number of fused-ring (bicyclic) bond motifs is 1. The zero-order chi connectivity index (χ0) is 17.6. The Morgan fingerprint density at radius 1 is 1.17 bits per heavy atom. The first-order valence-corrected chi connectivity index (χ1v) is 8.79. The third-order valence-corrected chi connectivity index (χ3v) is 4.31. The smallest absolute Gasteiger partial charge is 0.269 e. The first kappa shape index (κ1) is 18.2. The molecule has 2 aromatic rings. The molecule has 0 atom stereocenters. The second-order valence-electron chi connectivity index (χ2n) is 6.55. The molecule has 4 nitrogen and oxygen atoms in total. The van der Waals surface area contributed by atoms with Crippen LogP contribution in [0.25, 0.3) is 0 Å². The monoisotopic (exact) mass is 328 g/mol. The Morgan fingerprint density at radius 2 is 1.83 bits per heavy atom. The van der Waals surface area contributed by atoms with Crippen molar-refractivity contribution in [1.82, 2.24) is 9.97 Å². The fraction of sp³-hybridized carbons (Fsp3) is 0.500. The van der Waals surface area contributed by atoms with E-state index >= 15 is 0 Å². The fourth-order valence-electron chi connectivity index (χ4n) is 3.24. The normalized spacial score (nSPS) is 14.3. The van der Waals surface area contributed by atoms with Crippen molar-refractivity contribution in [3.8, 4) is 5.75 Å². The largest absolute Gasteiger partial charge is 0.487 e. The molecule has 0 spiro atoms. The van der Waals surface area contributed by atoms with Crippen LogP contribution in [0, 0.1) is 13.8 Å². The molecule has 3 rings (SSSR count). The van der Waals surface area contributed by atoms with Crippen molar-refractivity contribution in [2.45, 2.75) is 65.4 Å². The number of rotatable bonds is 4. The van der Waals surface area contributed by atoms with Crippen LogP contribution in [-0.2, 0) is 6.42 Å². The highest BCUT2D eigenvalue weighted by Gasteiger charge is 2.37. The molecule has 0 fully saturated rings. The number of ether oxygens (including phenoxy) is 1. The lowest BCUT2D eigenvalue weighted by Crippen LogP contribution is -2.33. The molecule has 0 saturated carbocycles. The lowest BCUT2D eigenvalue weighted by Gasteiger charge is -2.28. The molecule has 0 amide bonds. The number of aryl methyl sites for hydroxylation is 2. The van der Waals surface area contributed by atoms with Gasteiger partial charge in [-0.2, -0.15) is 0 Å². The van der Waals surface area contributed by atoms with Crippen LogP contribution < -0.4 is 10.3 Å². The van der Waals surface area contributed by atoms with E-state index in [1.807, 2.05) is 0 Å². The average molecular weight is 328 g/mol. The predicted octanol–water partition coefficient (Wildman–Crippen LogP) is 4.35. The summed E-state index contributed by atoms with van der Waals surface area (Å²) in [5.41, 5.74) is 2.70. The molecule has 1 aromatic heterocycles. The van der Waals surface area contributed by atoms with Crippen molar-refractivity contribution >= 4 is 0 Å². The molecule has 0 aliphatic carbocycles. The number of hydrogen-bond acceptors (Lipinski definition) is 3. The summed E-state index contributed by atoms with van der Waals surface area (Å²) in [6.07, 6.45) is 7.49. The quantitative estimate of drug-likeness (QED) is 0.908. The maximum atomic E-state index is 10.7. The van der Waals surface area contributed by atoms with Crippen molar-refractivity contribution in [2.24, 2.45) is 0 Å². The highest BCUT2D eigenvalue weighted by Crippen LogP contribution is 2.40. The maximum Gasteiger partial charge on any atom is 0.269 e. The second-order valence-corrected chi connectivity index (χ2v) is 6.55. The summed E-state index contributed by atoms with van der Waals surface area (Å²) >= 11 is 0. The van der Waals surface area contributed by atoms with Gasteiger partial charge in [0.15, 0.2) is 0 Å². The summed E-state index contributed by atoms with van der Waals surface area (Å²) in [6, 6.07) is 8.47. The topological polar surface area (TPSA) is 55.0 Å². The van der Waals surface area contributed by atoms with Crippen LogP contribution in [0.4, 0.5) is 0 Å². The molecule has 1 aliphatic rings. The van der Waals surface area contributed by atoms with Crippen molar-refractivity contribution in [3.63, 3.8) is 0 Å². The van der Waals surface area contributed by atoms with E-state index in [1.54, 1.807) is 20.0 Å². The number of hydrogen-bond donors (Lipinski definition) is 1. The lowest BCUT2D eigenvalue weighted by atomic mass is 9.88. The number of aromatic nitrogens is 2. The van der Waals surface area contributed by atoms with Gasteiger partial charge in [-0.15, -0.1) is 0 Å². The Hall–Kier alpha value is -2.10. The molecule has 0 saturated heterocycles. The van der Waals surface area contributed by atoms with Gasteiger partial charge < -0.3 is 9.72 Å². The summed E-state index contributed by atoms with van der Waals surface area (Å²) in [5, 5.41) is 0. The first-order chi connectivity index (χ1) is 11.5. The van der Waals surface area contributed by atoms with Gasteiger partial charge in [-0.1, -0.05) is 44.9 Å². The van der Waals surface area contributed by atoms with Crippen molar-refractivity contribution in [1.29, 1.82) is 0 Å². The molecule has 2 heterocycles. The molecular formula is C20H28N2O2. The van der Waals surface area contributed by atoms with Crippen LogP contribution >= 0.6 is 0 Å². The minimum atomic E-state index is -0.102. The molecule has 1 aliphatic heterocycles. The fourth-order valence-corrected chi connectivity index (χ4v) is 3.24. The van der Waals surface area contributed by atoms with Crippen molar-refractivity contribution in [3.05, 3.63) is 57.8 Å². The van der Waals surface area contributed by atoms with E-state index in [0.29, 0.717) is 5.69 Å². The van der Waals surface area contributed by atoms with Crippen LogP contribution in [-0.4, -0.2) is 15.6 Å². The zero-order valence-electron chi connectivity index (χ0n) is 15.2. The SMILES string of the molecule is CCCC1(CCC)Cc2ccccc2O1.Cc1cnc(C)c(=O)[nH]1. The number of nitrogens with zero attached hydrogens (tertiary/aromatic N) is 1. The van der Waals surface area contributed by atoms with Gasteiger partial charge in [0.05, 0.1) is 0 Å². The zero-order valence-corrected chi connectivity index (χ0v) is 15.2. The maximum absolute atomic E-state index is 10.7. The Morgan fingerprint density at radius 3 is 2.38 bits per heavy atom. The molecule has 4 heteroatoms. The van der Waals surface area contributed by atoms with Gasteiger partial charge in [0.25, 0.3) is 5.56 Å². The van der Waals surface area contributed by atoms with Crippen LogP contribution in [0.1, 0.15) is 56.5 Å². The number of H-pyrrole nitrogens is 1. The van der Waals surface area contributed by atoms with E-state index in [4.69, 9.17) is 4.74 Å². The van der Waals surface area contributed by atoms with E-state index in [2.05, 4.69) is 48.1 Å². The molecular weight excluding hydrogens is 300 g/mol. The highest BCUT2D eigenvalue weighted by atomic mass is 16.5. The molecule has 130 valence electrons. The molecule has 0 bridgehead atoms. The Balaban J connectivity index is 0.000000198. The molecule has 1 aromatic carbocycles. The van der Waals surface area contributed by atoms with Crippen LogP contribution in [0.5, 0.6) is 5.75 Å². The summed E-state index contributed by atoms with van der Waals surface area (Å²) in [5.74, 6) is 1.11. The van der Waals surface area contributed by atoms with Gasteiger partial charge in [0.1, 0.15) is 17.0 Å². The van der Waals surface area contributed by atoms with Gasteiger partial charge in [0.2, 0.25) is 0 Å². The molecule has 1 N–H and O–H groups in total. The summed E-state index contributed by atoms with van der Waals surface area (Å²) in [6.45, 7) is 7.96. The van der Waals surface area contributed by atoms with Crippen molar-refractivity contribution in [2.75, 3.05) is 0 Å². The van der Waals surface area contributed by atoms with Gasteiger partial charge in [-0.05, 0) is 38.3 Å². The second kappa shape index (κ2) is 8.13. The van der Waals surface area contributed by atoms with Crippen LogP contribution in [0.3, 0.4) is 0 Å². The first-order valence-electron chi connectivity index (χ1n) is 8.79. The average Bonchev–Trinajstić information content (AvgIpc) is 2.90.